The van der Waals surface area contributed by atoms with Crippen molar-refractivity contribution in [2.75, 3.05) is 40.9 Å². The van der Waals surface area contributed by atoms with E-state index in [1.807, 2.05) is 27.2 Å². The number of hydrogen-bond donors (Lipinski definition) is 3. The molecule has 0 fully saturated rings. The molecule has 454 valence electrons. The lowest BCUT2D eigenvalue weighted by molar-refractivity contribution is -0.870. The van der Waals surface area contributed by atoms with Crippen LogP contribution in [0.5, 0.6) is 0 Å². The first-order valence-corrected chi connectivity index (χ1v) is 33.9. The first-order chi connectivity index (χ1) is 38.5. The minimum Gasteiger partial charge on any atom is -0.387 e. The Morgan fingerprint density at radius 2 is 0.772 bits per heavy atom. The van der Waals surface area contributed by atoms with E-state index >= 15 is 0 Å². The molecule has 0 saturated heterocycles. The number of hydrogen-bond acceptors (Lipinski definition) is 5. The quantitative estimate of drug-likeness (QED) is 0.0243. The number of amides is 1. The Labute approximate surface area is 488 Å². The number of allylic oxidation sites excluding steroid dienone is 19. The summed E-state index contributed by atoms with van der Waals surface area (Å²) in [7, 11) is 1.52. The molecule has 0 aliphatic rings. The van der Waals surface area contributed by atoms with Gasteiger partial charge in [0.05, 0.1) is 39.9 Å². The van der Waals surface area contributed by atoms with Crippen LogP contribution in [-0.2, 0) is 18.4 Å². The van der Waals surface area contributed by atoms with Crippen LogP contribution in [0.4, 0.5) is 0 Å². The van der Waals surface area contributed by atoms with E-state index < -0.39 is 20.0 Å². The van der Waals surface area contributed by atoms with Crippen molar-refractivity contribution in [3.8, 4) is 0 Å². The molecule has 0 aliphatic heterocycles. The number of aliphatic hydroxyl groups excluding tert-OH is 1. The summed E-state index contributed by atoms with van der Waals surface area (Å²) in [6.45, 7) is 4.67. The Hall–Kier alpha value is -3.10. The molecule has 3 N–H and O–H groups in total. The first kappa shape index (κ1) is 75.9. The van der Waals surface area contributed by atoms with Crippen LogP contribution in [0.25, 0.3) is 0 Å². The second kappa shape index (κ2) is 59.5. The summed E-state index contributed by atoms with van der Waals surface area (Å²) < 4.78 is 23.7. The summed E-state index contributed by atoms with van der Waals surface area (Å²) in [5.41, 5.74) is 0. The van der Waals surface area contributed by atoms with Crippen molar-refractivity contribution in [3.63, 3.8) is 0 Å². The van der Waals surface area contributed by atoms with Gasteiger partial charge in [-0.25, -0.2) is 4.57 Å². The highest BCUT2D eigenvalue weighted by Crippen LogP contribution is 2.43. The average molecular weight is 1120 g/mol. The molecule has 3 unspecified atom stereocenters. The zero-order chi connectivity index (χ0) is 57.7. The molecule has 0 aromatic heterocycles. The first-order valence-electron chi connectivity index (χ1n) is 32.4. The van der Waals surface area contributed by atoms with E-state index in [0.717, 1.165) is 103 Å². The minimum absolute atomic E-state index is 0.0441. The van der Waals surface area contributed by atoms with Gasteiger partial charge in [-0.05, 0) is 96.3 Å². The fraction of sp³-hybridized carbons (Fsp3) is 0.700. The lowest BCUT2D eigenvalue weighted by atomic mass is 10.0. The van der Waals surface area contributed by atoms with Gasteiger partial charge in [0.2, 0.25) is 5.91 Å². The van der Waals surface area contributed by atoms with Gasteiger partial charge < -0.3 is 19.8 Å². The molecule has 0 aromatic carbocycles. The second-order valence-electron chi connectivity index (χ2n) is 22.7. The smallest absolute Gasteiger partial charge is 0.387 e. The molecule has 1 amide bonds. The normalized spacial score (nSPS) is 14.6. The maximum absolute atomic E-state index is 13.0. The van der Waals surface area contributed by atoms with Crippen molar-refractivity contribution in [2.24, 2.45) is 0 Å². The van der Waals surface area contributed by atoms with Gasteiger partial charge in [-0.3, -0.25) is 13.8 Å². The molecule has 0 saturated carbocycles. The van der Waals surface area contributed by atoms with E-state index in [2.05, 4.69) is 129 Å². The van der Waals surface area contributed by atoms with E-state index in [-0.39, 0.29) is 19.1 Å². The fourth-order valence-corrected chi connectivity index (χ4v) is 9.63. The van der Waals surface area contributed by atoms with Crippen molar-refractivity contribution in [3.05, 3.63) is 122 Å². The summed E-state index contributed by atoms with van der Waals surface area (Å²) >= 11 is 0. The lowest BCUT2D eigenvalue weighted by Gasteiger charge is -2.25. The molecule has 0 heterocycles. The predicted molar refractivity (Wildman–Crippen MR) is 345 cm³/mol. The van der Waals surface area contributed by atoms with Gasteiger partial charge in [-0.15, -0.1) is 0 Å². The highest BCUT2D eigenvalue weighted by atomic mass is 31.2. The van der Waals surface area contributed by atoms with Gasteiger partial charge in [-0.1, -0.05) is 283 Å². The topological polar surface area (TPSA) is 105 Å². The van der Waals surface area contributed by atoms with Crippen molar-refractivity contribution < 1.29 is 32.9 Å². The second-order valence-corrected chi connectivity index (χ2v) is 24.2. The molecule has 0 rings (SSSR count). The molecular formula is C70H124N2O6P+. The summed E-state index contributed by atoms with van der Waals surface area (Å²) in [4.78, 5) is 23.4. The largest absolute Gasteiger partial charge is 0.472 e. The third-order valence-electron chi connectivity index (χ3n) is 13.9. The highest BCUT2D eigenvalue weighted by Gasteiger charge is 2.27. The number of unbranched alkanes of at least 4 members (excludes halogenated alkanes) is 27. The van der Waals surface area contributed by atoms with Gasteiger partial charge in [-0.2, -0.15) is 0 Å². The Morgan fingerprint density at radius 3 is 1.16 bits per heavy atom. The maximum Gasteiger partial charge on any atom is 0.472 e. The number of carbonyl (C=O) groups is 1. The van der Waals surface area contributed by atoms with E-state index in [1.165, 1.54) is 141 Å². The number of phosphoric acid groups is 1. The summed E-state index contributed by atoms with van der Waals surface area (Å²) in [5.74, 6) is -0.214. The van der Waals surface area contributed by atoms with Crippen molar-refractivity contribution in [2.45, 2.75) is 276 Å². The number of nitrogens with zero attached hydrogens (tertiary/aromatic N) is 1. The van der Waals surface area contributed by atoms with Crippen LogP contribution < -0.4 is 5.32 Å². The highest BCUT2D eigenvalue weighted by molar-refractivity contribution is 7.47. The molecule has 79 heavy (non-hydrogen) atoms. The van der Waals surface area contributed by atoms with Crippen molar-refractivity contribution in [1.82, 2.24) is 5.32 Å². The number of nitrogens with one attached hydrogen (secondary N) is 1. The molecule has 9 heteroatoms. The van der Waals surface area contributed by atoms with Crippen LogP contribution in [-0.4, -0.2) is 73.4 Å². The maximum atomic E-state index is 13.0. The van der Waals surface area contributed by atoms with Gasteiger partial charge in [0.25, 0.3) is 0 Å². The minimum atomic E-state index is -4.38. The zero-order valence-electron chi connectivity index (χ0n) is 51.8. The molecule has 8 nitrogen and oxygen atoms in total. The van der Waals surface area contributed by atoms with Crippen LogP contribution in [0, 0.1) is 0 Å². The van der Waals surface area contributed by atoms with Crippen LogP contribution in [0.3, 0.4) is 0 Å². The van der Waals surface area contributed by atoms with Crippen LogP contribution in [0.15, 0.2) is 122 Å². The van der Waals surface area contributed by atoms with E-state index in [0.29, 0.717) is 17.4 Å². The average Bonchev–Trinajstić information content (AvgIpc) is 3.42. The molecule has 0 bridgehead atoms. The Bertz CT molecular complexity index is 1700. The van der Waals surface area contributed by atoms with Crippen LogP contribution >= 0.6 is 7.82 Å². The predicted octanol–water partition coefficient (Wildman–Crippen LogP) is 20.5. The summed E-state index contributed by atoms with van der Waals surface area (Å²) in [6, 6.07) is -0.888. The van der Waals surface area contributed by atoms with Gasteiger partial charge in [0, 0.05) is 6.42 Å². The third-order valence-corrected chi connectivity index (χ3v) is 14.9. The van der Waals surface area contributed by atoms with Gasteiger partial charge in [0.1, 0.15) is 13.2 Å². The van der Waals surface area contributed by atoms with E-state index in [9.17, 15) is 19.4 Å². The Balaban J connectivity index is 4.28. The number of quaternary nitrogens is 1. The number of likely N-dealkylation sites (N-methyl/N-ethyl adjacent to an activating group) is 1. The molecular weight excluding hydrogens is 996 g/mol. The molecule has 3 atom stereocenters. The number of rotatable bonds is 58. The Morgan fingerprint density at radius 1 is 0.443 bits per heavy atom. The van der Waals surface area contributed by atoms with Crippen molar-refractivity contribution in [1.29, 1.82) is 0 Å². The number of phosphoric ester groups is 1. The SMILES string of the molecule is CC/C=C\C/C=C\C/C=C\C/C=C\C/C=C\C/C=C\C/C=C\C/C=C\CCCCCCC(=O)NC(COP(=O)(O)OCC[N+](C)(C)C)C(O)/C=C/CC/C=C/CCCCCCCCCCCCCCCCCCCCCCCC. The van der Waals surface area contributed by atoms with Crippen LogP contribution in [0.1, 0.15) is 264 Å². The summed E-state index contributed by atoms with van der Waals surface area (Å²) in [6.07, 6.45) is 89.0. The number of carbonyl (C=O) groups excluding carboxylic acids is 1. The molecule has 0 radical (unpaired) electrons. The monoisotopic (exact) mass is 1120 g/mol. The zero-order valence-corrected chi connectivity index (χ0v) is 52.7. The van der Waals surface area contributed by atoms with Crippen molar-refractivity contribution >= 4 is 13.7 Å². The molecule has 0 aliphatic carbocycles. The van der Waals surface area contributed by atoms with Crippen LogP contribution in [0.2, 0.25) is 0 Å². The standard InChI is InChI=1S/C70H123N2O6P/c1-6-8-10-12-14-16-18-20-22-24-26-28-30-32-34-36-38-40-42-44-46-48-50-52-54-56-58-60-62-64-70(74)71-68(67-78-79(75,76)77-66-65-72(3,4)5)69(73)63-61-59-57-55-53-51-49-47-45-43-41-39-37-35-33-31-29-27-25-23-21-19-17-15-13-11-9-7-2/h8,10,14,16,20,22,26,28,32,34,38,40,44,46,50,52-53,55,61,63,68-69,73H,6-7,9,11-13,15,17-19,21,23-25,27,29-31,33,35-37,39,41-43,45,47-49,51,54,56-60,62,64-67H2,1-5H3,(H-,71,74,75,76)/p+1/b10-8-,16-14-,22-20-,28-26-,34-32-,40-38-,46-44-,52-50-,55-53+,63-61+. The van der Waals surface area contributed by atoms with Gasteiger partial charge in [0.15, 0.2) is 0 Å². The fourth-order valence-electron chi connectivity index (χ4n) is 8.90. The Kier molecular flexibility index (Phi) is 57.2. The lowest BCUT2D eigenvalue weighted by Crippen LogP contribution is -2.45. The molecule has 0 spiro atoms. The van der Waals surface area contributed by atoms with E-state index in [1.54, 1.807) is 6.08 Å². The summed E-state index contributed by atoms with van der Waals surface area (Å²) in [5, 5.41) is 13.9. The van der Waals surface area contributed by atoms with E-state index in [4.69, 9.17) is 9.05 Å². The molecule has 0 aromatic rings. The van der Waals surface area contributed by atoms with Gasteiger partial charge >= 0.3 is 7.82 Å². The third kappa shape index (κ3) is 62.4. The number of aliphatic hydroxyl groups is 1.